The minimum absolute atomic E-state index is 0.0325. The minimum Gasteiger partial charge on any atom is -0.377 e. The van der Waals surface area contributed by atoms with Gasteiger partial charge in [-0.25, -0.2) is 4.39 Å². The topological polar surface area (TPSA) is 75.9 Å². The Morgan fingerprint density at radius 2 is 1.85 bits per heavy atom. The zero-order chi connectivity index (χ0) is 18.7. The fraction of sp³-hybridized carbons (Fsp3) is 0.353. The molecule has 0 radical (unpaired) electrons. The van der Waals surface area contributed by atoms with Gasteiger partial charge in [0.2, 0.25) is 0 Å². The zero-order valence-corrected chi connectivity index (χ0v) is 14.8. The summed E-state index contributed by atoms with van der Waals surface area (Å²) in [5.41, 5.74) is 0.162. The van der Waals surface area contributed by atoms with Crippen molar-refractivity contribution < 1.29 is 23.2 Å². The van der Waals surface area contributed by atoms with Crippen LogP contribution in [-0.4, -0.2) is 60.1 Å². The molecule has 0 spiro atoms. The Hall–Kier alpha value is -2.45. The maximum atomic E-state index is 13.9. The number of methoxy groups -OCH3 is 1. The van der Waals surface area contributed by atoms with E-state index in [-0.39, 0.29) is 28.8 Å². The molecular formula is C17H17ClFN3O4. The highest BCUT2D eigenvalue weighted by Gasteiger charge is 2.28. The largest absolute Gasteiger partial charge is 0.377 e. The van der Waals surface area contributed by atoms with E-state index in [1.165, 1.54) is 30.2 Å². The Balaban J connectivity index is 1.61. The number of piperazine rings is 1. The van der Waals surface area contributed by atoms with Crippen LogP contribution in [0.2, 0.25) is 5.02 Å². The Labute approximate surface area is 154 Å². The second kappa shape index (κ2) is 7.84. The SMILES string of the molecule is COCc1cc(C(=O)N2CCN(C(=O)c3ccc(Cl)cc3F)CC2)no1. The molecule has 1 aromatic heterocycles. The lowest BCUT2D eigenvalue weighted by atomic mass is 10.1. The van der Waals surface area contributed by atoms with Crippen LogP contribution >= 0.6 is 11.6 Å². The first-order chi connectivity index (χ1) is 12.5. The van der Waals surface area contributed by atoms with Crippen molar-refractivity contribution in [3.63, 3.8) is 0 Å². The molecule has 0 atom stereocenters. The molecule has 138 valence electrons. The van der Waals surface area contributed by atoms with Crippen molar-refractivity contribution in [2.45, 2.75) is 6.61 Å². The quantitative estimate of drug-likeness (QED) is 0.811. The van der Waals surface area contributed by atoms with E-state index in [2.05, 4.69) is 5.16 Å². The number of benzene rings is 1. The summed E-state index contributed by atoms with van der Waals surface area (Å²) in [4.78, 5) is 28.0. The van der Waals surface area contributed by atoms with Crippen molar-refractivity contribution in [1.29, 1.82) is 0 Å². The van der Waals surface area contributed by atoms with Crippen LogP contribution in [0, 0.1) is 5.82 Å². The van der Waals surface area contributed by atoms with E-state index in [1.54, 1.807) is 4.90 Å². The molecule has 1 aliphatic rings. The summed E-state index contributed by atoms with van der Waals surface area (Å²) >= 11 is 5.71. The van der Waals surface area contributed by atoms with E-state index < -0.39 is 11.7 Å². The third-order valence-electron chi connectivity index (χ3n) is 4.08. The first kappa shape index (κ1) is 18.3. The molecule has 2 heterocycles. The second-order valence-corrected chi connectivity index (χ2v) is 6.26. The number of carbonyl (C=O) groups is 2. The molecule has 1 fully saturated rings. The molecule has 0 bridgehead atoms. The molecule has 3 rings (SSSR count). The van der Waals surface area contributed by atoms with Gasteiger partial charge in [0.05, 0.1) is 5.56 Å². The average molecular weight is 382 g/mol. The summed E-state index contributed by atoms with van der Waals surface area (Å²) < 4.78 is 23.9. The van der Waals surface area contributed by atoms with Crippen molar-refractivity contribution in [1.82, 2.24) is 15.0 Å². The fourth-order valence-electron chi connectivity index (χ4n) is 2.73. The van der Waals surface area contributed by atoms with Crippen LogP contribution in [0.15, 0.2) is 28.8 Å². The normalized spacial score (nSPS) is 14.6. The summed E-state index contributed by atoms with van der Waals surface area (Å²) in [7, 11) is 1.52. The van der Waals surface area contributed by atoms with Gasteiger partial charge in [-0.2, -0.15) is 0 Å². The standard InChI is InChI=1S/C17H17ClFN3O4/c1-25-10-12-9-15(20-26-12)17(24)22-6-4-21(5-7-22)16(23)13-3-2-11(18)8-14(13)19/h2-3,8-9H,4-7,10H2,1H3. The van der Waals surface area contributed by atoms with Gasteiger partial charge in [0.1, 0.15) is 12.4 Å². The van der Waals surface area contributed by atoms with Gasteiger partial charge in [0, 0.05) is 44.4 Å². The maximum Gasteiger partial charge on any atom is 0.276 e. The van der Waals surface area contributed by atoms with Gasteiger partial charge < -0.3 is 19.1 Å². The number of aromatic nitrogens is 1. The third kappa shape index (κ3) is 3.86. The molecule has 1 aromatic carbocycles. The molecule has 0 unspecified atom stereocenters. The molecule has 0 aliphatic carbocycles. The van der Waals surface area contributed by atoms with Gasteiger partial charge in [-0.15, -0.1) is 0 Å². The van der Waals surface area contributed by atoms with Crippen molar-refractivity contribution in [3.05, 3.63) is 52.1 Å². The lowest BCUT2D eigenvalue weighted by Gasteiger charge is -2.34. The van der Waals surface area contributed by atoms with Gasteiger partial charge >= 0.3 is 0 Å². The summed E-state index contributed by atoms with van der Waals surface area (Å²) in [6.07, 6.45) is 0. The third-order valence-corrected chi connectivity index (χ3v) is 4.32. The summed E-state index contributed by atoms with van der Waals surface area (Å²) in [5, 5.41) is 3.97. The Morgan fingerprint density at radius 1 is 1.19 bits per heavy atom. The van der Waals surface area contributed by atoms with Crippen LogP contribution in [0.3, 0.4) is 0 Å². The molecule has 0 saturated carbocycles. The van der Waals surface area contributed by atoms with Gasteiger partial charge in [-0.05, 0) is 18.2 Å². The van der Waals surface area contributed by atoms with Crippen molar-refractivity contribution >= 4 is 23.4 Å². The predicted molar refractivity (Wildman–Crippen MR) is 90.4 cm³/mol. The molecule has 9 heteroatoms. The summed E-state index contributed by atoms with van der Waals surface area (Å²) in [6, 6.07) is 5.48. The monoisotopic (exact) mass is 381 g/mol. The molecule has 0 N–H and O–H groups in total. The number of hydrogen-bond acceptors (Lipinski definition) is 5. The Bertz CT molecular complexity index is 818. The summed E-state index contributed by atoms with van der Waals surface area (Å²) in [6.45, 7) is 1.48. The van der Waals surface area contributed by atoms with E-state index in [9.17, 15) is 14.0 Å². The van der Waals surface area contributed by atoms with Crippen molar-refractivity contribution in [2.75, 3.05) is 33.3 Å². The van der Waals surface area contributed by atoms with Crippen molar-refractivity contribution in [3.8, 4) is 0 Å². The number of carbonyl (C=O) groups excluding carboxylic acids is 2. The second-order valence-electron chi connectivity index (χ2n) is 5.82. The predicted octanol–water partition coefficient (Wildman–Crippen LogP) is 2.21. The molecule has 2 aromatic rings. The Morgan fingerprint density at radius 3 is 2.46 bits per heavy atom. The highest BCUT2D eigenvalue weighted by molar-refractivity contribution is 6.30. The summed E-state index contributed by atoms with van der Waals surface area (Å²) in [5.74, 6) is -0.895. The minimum atomic E-state index is -0.658. The van der Waals surface area contributed by atoms with Crippen molar-refractivity contribution in [2.24, 2.45) is 0 Å². The zero-order valence-electron chi connectivity index (χ0n) is 14.1. The van der Waals surface area contributed by atoms with Crippen LogP contribution in [0.4, 0.5) is 4.39 Å². The first-order valence-corrected chi connectivity index (χ1v) is 8.35. The van der Waals surface area contributed by atoms with E-state index in [4.69, 9.17) is 20.9 Å². The van der Waals surface area contributed by atoms with E-state index in [0.717, 1.165) is 6.07 Å². The highest BCUT2D eigenvalue weighted by Crippen LogP contribution is 2.18. The Kier molecular flexibility index (Phi) is 5.53. The van der Waals surface area contributed by atoms with Crippen LogP contribution < -0.4 is 0 Å². The van der Waals surface area contributed by atoms with Crippen LogP contribution in [-0.2, 0) is 11.3 Å². The lowest BCUT2D eigenvalue weighted by Crippen LogP contribution is -2.50. The van der Waals surface area contributed by atoms with Gasteiger partial charge in [-0.3, -0.25) is 9.59 Å². The number of hydrogen-bond donors (Lipinski definition) is 0. The van der Waals surface area contributed by atoms with Gasteiger partial charge in [0.15, 0.2) is 11.5 Å². The average Bonchev–Trinajstić information content (AvgIpc) is 3.10. The van der Waals surface area contributed by atoms with Crippen LogP contribution in [0.5, 0.6) is 0 Å². The molecule has 26 heavy (non-hydrogen) atoms. The number of amides is 2. The molecular weight excluding hydrogens is 365 g/mol. The van der Waals surface area contributed by atoms with Crippen LogP contribution in [0.25, 0.3) is 0 Å². The van der Waals surface area contributed by atoms with E-state index >= 15 is 0 Å². The van der Waals surface area contributed by atoms with Gasteiger partial charge in [-0.1, -0.05) is 16.8 Å². The molecule has 2 amide bonds. The van der Waals surface area contributed by atoms with Crippen LogP contribution in [0.1, 0.15) is 26.6 Å². The lowest BCUT2D eigenvalue weighted by molar-refractivity contribution is 0.0527. The highest BCUT2D eigenvalue weighted by atomic mass is 35.5. The number of rotatable bonds is 4. The number of nitrogens with zero attached hydrogens (tertiary/aromatic N) is 3. The maximum absolute atomic E-state index is 13.9. The molecule has 7 nitrogen and oxygen atoms in total. The number of halogens is 2. The smallest absolute Gasteiger partial charge is 0.276 e. The van der Waals surface area contributed by atoms with E-state index in [0.29, 0.717) is 31.9 Å². The van der Waals surface area contributed by atoms with E-state index in [1.807, 2.05) is 0 Å². The van der Waals surface area contributed by atoms with Gasteiger partial charge in [0.25, 0.3) is 11.8 Å². The molecule has 1 aliphatic heterocycles. The first-order valence-electron chi connectivity index (χ1n) is 7.97. The number of ether oxygens (including phenoxy) is 1. The molecule has 1 saturated heterocycles. The fourth-order valence-corrected chi connectivity index (χ4v) is 2.89.